The molecule has 0 fully saturated rings. The number of benzene rings is 1. The molecule has 1 aromatic carbocycles. The zero-order chi connectivity index (χ0) is 15.0. The Morgan fingerprint density at radius 1 is 1.20 bits per heavy atom. The maximum atomic E-state index is 11.0. The van der Waals surface area contributed by atoms with Crippen LogP contribution in [0.2, 0.25) is 0 Å². The van der Waals surface area contributed by atoms with Gasteiger partial charge in [-0.1, -0.05) is 25.5 Å². The standard InChI is InChI=1S/C15H24O4S/c1-3-4-11-19-14-9-7-13(8-10-14)15(16)6-5-12-20(2,17)18/h7-10,15-16H,3-6,11-12H2,1-2H3. The fourth-order valence-electron chi connectivity index (χ4n) is 1.83. The second-order valence-corrected chi connectivity index (χ2v) is 7.32. The molecule has 0 spiro atoms. The van der Waals surface area contributed by atoms with Crippen LogP contribution in [-0.4, -0.2) is 32.1 Å². The van der Waals surface area contributed by atoms with E-state index in [1.807, 2.05) is 24.3 Å². The lowest BCUT2D eigenvalue weighted by Crippen LogP contribution is -2.05. The van der Waals surface area contributed by atoms with Crippen molar-refractivity contribution in [2.24, 2.45) is 0 Å². The molecule has 1 N–H and O–H groups in total. The smallest absolute Gasteiger partial charge is 0.147 e. The number of unbranched alkanes of at least 4 members (excludes halogenated alkanes) is 1. The highest BCUT2D eigenvalue weighted by Crippen LogP contribution is 2.21. The molecular formula is C15H24O4S. The summed E-state index contributed by atoms with van der Waals surface area (Å²) in [5.74, 6) is 0.910. The molecule has 0 saturated heterocycles. The number of hydrogen-bond donors (Lipinski definition) is 1. The summed E-state index contributed by atoms with van der Waals surface area (Å²) in [5.41, 5.74) is 0.793. The Bertz CT molecular complexity index is 479. The minimum absolute atomic E-state index is 0.113. The van der Waals surface area contributed by atoms with Gasteiger partial charge < -0.3 is 9.84 Å². The van der Waals surface area contributed by atoms with Crippen LogP contribution in [0.25, 0.3) is 0 Å². The summed E-state index contributed by atoms with van der Waals surface area (Å²) in [5, 5.41) is 9.99. The average molecular weight is 300 g/mol. The fraction of sp³-hybridized carbons (Fsp3) is 0.600. The van der Waals surface area contributed by atoms with Gasteiger partial charge in [0.25, 0.3) is 0 Å². The molecule has 0 radical (unpaired) electrons. The van der Waals surface area contributed by atoms with E-state index in [1.54, 1.807) is 0 Å². The third kappa shape index (κ3) is 6.91. The molecule has 0 aliphatic heterocycles. The van der Waals surface area contributed by atoms with E-state index in [-0.39, 0.29) is 5.75 Å². The molecule has 4 nitrogen and oxygen atoms in total. The van der Waals surface area contributed by atoms with E-state index in [2.05, 4.69) is 6.92 Å². The molecule has 0 aliphatic carbocycles. The van der Waals surface area contributed by atoms with E-state index >= 15 is 0 Å². The fourth-order valence-corrected chi connectivity index (χ4v) is 2.52. The van der Waals surface area contributed by atoms with Gasteiger partial charge in [-0.2, -0.15) is 0 Å². The van der Waals surface area contributed by atoms with Gasteiger partial charge in [-0.15, -0.1) is 0 Å². The summed E-state index contributed by atoms with van der Waals surface area (Å²) in [4.78, 5) is 0. The first-order valence-electron chi connectivity index (χ1n) is 7.01. The lowest BCUT2D eigenvalue weighted by Gasteiger charge is -2.12. The van der Waals surface area contributed by atoms with Crippen LogP contribution in [0.3, 0.4) is 0 Å². The van der Waals surface area contributed by atoms with E-state index in [1.165, 1.54) is 6.26 Å². The van der Waals surface area contributed by atoms with Crippen LogP contribution in [0.15, 0.2) is 24.3 Å². The first-order chi connectivity index (χ1) is 9.42. The first-order valence-corrected chi connectivity index (χ1v) is 9.07. The molecule has 0 aromatic heterocycles. The molecule has 1 unspecified atom stereocenters. The van der Waals surface area contributed by atoms with Gasteiger partial charge in [0.2, 0.25) is 0 Å². The van der Waals surface area contributed by atoms with Crippen molar-refractivity contribution >= 4 is 9.84 Å². The SMILES string of the molecule is CCCCOc1ccc(C(O)CCCS(C)(=O)=O)cc1. The van der Waals surface area contributed by atoms with Crippen molar-refractivity contribution in [1.82, 2.24) is 0 Å². The Morgan fingerprint density at radius 2 is 1.85 bits per heavy atom. The summed E-state index contributed by atoms with van der Waals surface area (Å²) in [7, 11) is -2.95. The van der Waals surface area contributed by atoms with Gasteiger partial charge >= 0.3 is 0 Å². The zero-order valence-electron chi connectivity index (χ0n) is 12.2. The molecule has 1 rings (SSSR count). The van der Waals surface area contributed by atoms with Gasteiger partial charge in [-0.05, 0) is 37.0 Å². The number of ether oxygens (including phenoxy) is 1. The Morgan fingerprint density at radius 3 is 2.40 bits per heavy atom. The number of hydrogen-bond acceptors (Lipinski definition) is 4. The van der Waals surface area contributed by atoms with Crippen LogP contribution < -0.4 is 4.74 Å². The van der Waals surface area contributed by atoms with Crippen molar-refractivity contribution in [3.05, 3.63) is 29.8 Å². The predicted molar refractivity (Wildman–Crippen MR) is 80.7 cm³/mol. The summed E-state index contributed by atoms with van der Waals surface area (Å²) >= 11 is 0. The Balaban J connectivity index is 2.42. The Kier molecular flexibility index (Phi) is 7.02. The van der Waals surface area contributed by atoms with Crippen LogP contribution in [0, 0.1) is 0 Å². The predicted octanol–water partition coefficient (Wildman–Crippen LogP) is 2.72. The van der Waals surface area contributed by atoms with Gasteiger partial charge in [0.05, 0.1) is 12.7 Å². The molecule has 0 saturated carbocycles. The Hall–Kier alpha value is -1.07. The molecule has 1 aromatic rings. The van der Waals surface area contributed by atoms with Crippen molar-refractivity contribution in [3.8, 4) is 5.75 Å². The topological polar surface area (TPSA) is 63.6 Å². The van der Waals surface area contributed by atoms with Gasteiger partial charge in [-0.25, -0.2) is 8.42 Å². The molecule has 20 heavy (non-hydrogen) atoms. The van der Waals surface area contributed by atoms with E-state index < -0.39 is 15.9 Å². The number of sulfone groups is 1. The molecule has 0 heterocycles. The summed E-state index contributed by atoms with van der Waals surface area (Å²) in [6.45, 7) is 2.81. The largest absolute Gasteiger partial charge is 0.494 e. The molecule has 0 aliphatic rings. The minimum atomic E-state index is -2.95. The van der Waals surface area contributed by atoms with Crippen LogP contribution >= 0.6 is 0 Å². The maximum absolute atomic E-state index is 11.0. The molecule has 114 valence electrons. The van der Waals surface area contributed by atoms with Gasteiger partial charge in [-0.3, -0.25) is 0 Å². The minimum Gasteiger partial charge on any atom is -0.494 e. The second kappa shape index (κ2) is 8.27. The van der Waals surface area contributed by atoms with E-state index in [0.717, 1.165) is 24.2 Å². The van der Waals surface area contributed by atoms with Gasteiger partial charge in [0, 0.05) is 12.0 Å². The summed E-state index contributed by atoms with van der Waals surface area (Å²) in [6, 6.07) is 7.33. The van der Waals surface area contributed by atoms with Crippen molar-refractivity contribution in [2.75, 3.05) is 18.6 Å². The Labute approximate surface area is 121 Å². The van der Waals surface area contributed by atoms with Gasteiger partial charge in [0.15, 0.2) is 0 Å². The summed E-state index contributed by atoms with van der Waals surface area (Å²) < 4.78 is 27.6. The van der Waals surface area contributed by atoms with E-state index in [9.17, 15) is 13.5 Å². The molecule has 0 amide bonds. The lowest BCUT2D eigenvalue weighted by molar-refractivity contribution is 0.166. The highest BCUT2D eigenvalue weighted by Gasteiger charge is 2.09. The quantitative estimate of drug-likeness (QED) is 0.712. The highest BCUT2D eigenvalue weighted by atomic mass is 32.2. The van der Waals surface area contributed by atoms with Crippen LogP contribution in [0.5, 0.6) is 5.75 Å². The first kappa shape index (κ1) is 17.0. The lowest BCUT2D eigenvalue weighted by atomic mass is 10.1. The zero-order valence-corrected chi connectivity index (χ0v) is 13.0. The highest BCUT2D eigenvalue weighted by molar-refractivity contribution is 7.90. The summed E-state index contributed by atoms with van der Waals surface area (Å²) in [6.07, 6.45) is 3.62. The monoisotopic (exact) mass is 300 g/mol. The maximum Gasteiger partial charge on any atom is 0.147 e. The van der Waals surface area contributed by atoms with Crippen LogP contribution in [0.4, 0.5) is 0 Å². The number of rotatable bonds is 9. The third-order valence-electron chi connectivity index (χ3n) is 3.02. The van der Waals surface area contributed by atoms with E-state index in [0.29, 0.717) is 19.4 Å². The van der Waals surface area contributed by atoms with Crippen molar-refractivity contribution < 1.29 is 18.3 Å². The molecule has 1 atom stereocenters. The number of aliphatic hydroxyl groups is 1. The van der Waals surface area contributed by atoms with Crippen LogP contribution in [-0.2, 0) is 9.84 Å². The molecule has 5 heteroatoms. The van der Waals surface area contributed by atoms with Crippen LogP contribution in [0.1, 0.15) is 44.3 Å². The molecule has 0 bridgehead atoms. The second-order valence-electron chi connectivity index (χ2n) is 5.06. The third-order valence-corrected chi connectivity index (χ3v) is 4.05. The van der Waals surface area contributed by atoms with E-state index in [4.69, 9.17) is 4.74 Å². The normalized spacial score (nSPS) is 13.2. The molecular weight excluding hydrogens is 276 g/mol. The van der Waals surface area contributed by atoms with Crippen molar-refractivity contribution in [3.63, 3.8) is 0 Å². The number of aliphatic hydroxyl groups excluding tert-OH is 1. The van der Waals surface area contributed by atoms with Crippen molar-refractivity contribution in [1.29, 1.82) is 0 Å². The van der Waals surface area contributed by atoms with Gasteiger partial charge in [0.1, 0.15) is 15.6 Å². The van der Waals surface area contributed by atoms with Crippen molar-refractivity contribution in [2.45, 2.75) is 38.7 Å². The average Bonchev–Trinajstić information content (AvgIpc) is 2.38.